The first-order valence-electron chi connectivity index (χ1n) is 9.47. The Hall–Kier alpha value is -3.13. The molecule has 0 unspecified atom stereocenters. The van der Waals surface area contributed by atoms with Crippen molar-refractivity contribution in [2.24, 2.45) is 0 Å². The quantitative estimate of drug-likeness (QED) is 0.630. The molecule has 0 bridgehead atoms. The number of methoxy groups -OCH3 is 1. The van der Waals surface area contributed by atoms with Crippen molar-refractivity contribution in [1.29, 1.82) is 0 Å². The van der Waals surface area contributed by atoms with Crippen LogP contribution in [0.5, 0.6) is 0 Å². The molecule has 29 heavy (non-hydrogen) atoms. The third-order valence-electron chi connectivity index (χ3n) is 5.07. The highest BCUT2D eigenvalue weighted by molar-refractivity contribution is 7.13. The SMILES string of the molecule is COC(=O)c1ccc(C(=O)NC2CCN(c3cc(-c4cccs4)[nH]n3)CC2)cc1. The van der Waals surface area contributed by atoms with E-state index in [1.807, 2.05) is 11.4 Å². The molecule has 0 aliphatic carbocycles. The largest absolute Gasteiger partial charge is 0.465 e. The van der Waals surface area contributed by atoms with Crippen molar-refractivity contribution >= 4 is 29.0 Å². The van der Waals surface area contributed by atoms with Gasteiger partial charge < -0.3 is 15.0 Å². The van der Waals surface area contributed by atoms with E-state index in [9.17, 15) is 9.59 Å². The zero-order chi connectivity index (χ0) is 20.2. The van der Waals surface area contributed by atoms with Gasteiger partial charge in [-0.05, 0) is 48.6 Å². The minimum Gasteiger partial charge on any atom is -0.465 e. The fourth-order valence-electron chi connectivity index (χ4n) is 3.43. The smallest absolute Gasteiger partial charge is 0.337 e. The molecule has 3 aromatic rings. The Morgan fingerprint density at radius 3 is 2.55 bits per heavy atom. The fourth-order valence-corrected chi connectivity index (χ4v) is 4.12. The van der Waals surface area contributed by atoms with Crippen molar-refractivity contribution in [1.82, 2.24) is 15.5 Å². The molecule has 3 heterocycles. The average Bonchev–Trinajstić information content (AvgIpc) is 3.46. The van der Waals surface area contributed by atoms with Crippen molar-refractivity contribution in [3.8, 4) is 10.6 Å². The highest BCUT2D eigenvalue weighted by Crippen LogP contribution is 2.27. The van der Waals surface area contributed by atoms with Crippen LogP contribution >= 0.6 is 11.3 Å². The average molecular weight is 410 g/mol. The van der Waals surface area contributed by atoms with Gasteiger partial charge in [0.15, 0.2) is 5.82 Å². The van der Waals surface area contributed by atoms with E-state index in [2.05, 4.69) is 37.3 Å². The molecule has 1 aromatic carbocycles. The van der Waals surface area contributed by atoms with Gasteiger partial charge in [0, 0.05) is 30.8 Å². The third kappa shape index (κ3) is 4.32. The number of anilines is 1. The molecule has 0 saturated carbocycles. The lowest BCUT2D eigenvalue weighted by atomic mass is 10.0. The number of hydrogen-bond acceptors (Lipinski definition) is 6. The fraction of sp³-hybridized carbons (Fsp3) is 0.286. The molecule has 0 radical (unpaired) electrons. The van der Waals surface area contributed by atoms with Gasteiger partial charge in [-0.15, -0.1) is 11.3 Å². The van der Waals surface area contributed by atoms with Crippen LogP contribution in [0.15, 0.2) is 47.8 Å². The number of nitrogens with zero attached hydrogens (tertiary/aromatic N) is 2. The maximum Gasteiger partial charge on any atom is 0.337 e. The summed E-state index contributed by atoms with van der Waals surface area (Å²) in [6.45, 7) is 1.67. The number of aromatic amines is 1. The summed E-state index contributed by atoms with van der Waals surface area (Å²) in [6, 6.07) is 12.8. The van der Waals surface area contributed by atoms with Gasteiger partial charge in [0.25, 0.3) is 5.91 Å². The summed E-state index contributed by atoms with van der Waals surface area (Å²) in [5, 5.41) is 12.7. The van der Waals surface area contributed by atoms with Gasteiger partial charge in [0.2, 0.25) is 0 Å². The first-order chi connectivity index (χ1) is 14.1. The van der Waals surface area contributed by atoms with E-state index in [0.29, 0.717) is 11.1 Å². The Bertz CT molecular complexity index is 974. The Balaban J connectivity index is 1.30. The van der Waals surface area contributed by atoms with Crippen LogP contribution in [-0.4, -0.2) is 48.3 Å². The van der Waals surface area contributed by atoms with Crippen molar-refractivity contribution < 1.29 is 14.3 Å². The van der Waals surface area contributed by atoms with Gasteiger partial charge in [-0.25, -0.2) is 4.79 Å². The van der Waals surface area contributed by atoms with Crippen LogP contribution in [-0.2, 0) is 4.74 Å². The number of nitrogens with one attached hydrogen (secondary N) is 2. The Labute approximate surface area is 172 Å². The second-order valence-electron chi connectivity index (χ2n) is 6.92. The van der Waals surface area contributed by atoms with Crippen LogP contribution in [0.1, 0.15) is 33.6 Å². The molecule has 1 saturated heterocycles. The van der Waals surface area contributed by atoms with E-state index in [1.54, 1.807) is 35.6 Å². The molecule has 1 aliphatic heterocycles. The van der Waals surface area contributed by atoms with E-state index in [-0.39, 0.29) is 11.9 Å². The monoisotopic (exact) mass is 410 g/mol. The van der Waals surface area contributed by atoms with Crippen molar-refractivity contribution in [2.75, 3.05) is 25.1 Å². The number of hydrogen-bond donors (Lipinski definition) is 2. The highest BCUT2D eigenvalue weighted by atomic mass is 32.1. The van der Waals surface area contributed by atoms with E-state index >= 15 is 0 Å². The second-order valence-corrected chi connectivity index (χ2v) is 7.87. The molecule has 8 heteroatoms. The molecule has 1 fully saturated rings. The number of esters is 1. The van der Waals surface area contributed by atoms with Gasteiger partial charge in [-0.3, -0.25) is 9.89 Å². The molecule has 0 atom stereocenters. The number of H-pyrrole nitrogens is 1. The molecule has 1 amide bonds. The summed E-state index contributed by atoms with van der Waals surface area (Å²) in [5.41, 5.74) is 1.99. The minimum atomic E-state index is -0.412. The van der Waals surface area contributed by atoms with E-state index in [4.69, 9.17) is 0 Å². The predicted octanol–water partition coefficient (Wildman–Crippen LogP) is 3.32. The van der Waals surface area contributed by atoms with Crippen molar-refractivity contribution in [3.05, 3.63) is 59.0 Å². The number of rotatable bonds is 5. The summed E-state index contributed by atoms with van der Waals surface area (Å²) in [4.78, 5) is 27.4. The lowest BCUT2D eigenvalue weighted by Crippen LogP contribution is -2.44. The summed E-state index contributed by atoms with van der Waals surface area (Å²) in [7, 11) is 1.33. The van der Waals surface area contributed by atoms with Crippen LogP contribution in [0.25, 0.3) is 10.6 Å². The van der Waals surface area contributed by atoms with E-state index in [1.165, 1.54) is 12.0 Å². The molecular formula is C21H22N4O3S. The topological polar surface area (TPSA) is 87.3 Å². The number of carbonyl (C=O) groups excluding carboxylic acids is 2. The van der Waals surface area contributed by atoms with Gasteiger partial charge in [-0.1, -0.05) is 6.07 Å². The number of benzene rings is 1. The van der Waals surface area contributed by atoms with Crippen LogP contribution in [0, 0.1) is 0 Å². The Morgan fingerprint density at radius 2 is 1.90 bits per heavy atom. The molecule has 4 rings (SSSR count). The Morgan fingerprint density at radius 1 is 1.17 bits per heavy atom. The van der Waals surface area contributed by atoms with Gasteiger partial charge in [-0.2, -0.15) is 5.10 Å². The number of aromatic nitrogens is 2. The molecule has 0 spiro atoms. The number of carbonyl (C=O) groups is 2. The lowest BCUT2D eigenvalue weighted by Gasteiger charge is -2.32. The first kappa shape index (κ1) is 19.2. The number of amides is 1. The van der Waals surface area contributed by atoms with Crippen molar-refractivity contribution in [2.45, 2.75) is 18.9 Å². The molecule has 2 N–H and O–H groups in total. The maximum atomic E-state index is 12.5. The Kier molecular flexibility index (Phi) is 5.62. The third-order valence-corrected chi connectivity index (χ3v) is 5.98. The predicted molar refractivity (Wildman–Crippen MR) is 112 cm³/mol. The maximum absolute atomic E-state index is 12.5. The lowest BCUT2D eigenvalue weighted by molar-refractivity contribution is 0.0600. The number of thiophene rings is 1. The summed E-state index contributed by atoms with van der Waals surface area (Å²) in [6.07, 6.45) is 1.71. The van der Waals surface area contributed by atoms with Crippen LogP contribution in [0.3, 0.4) is 0 Å². The molecule has 2 aromatic heterocycles. The number of ether oxygens (including phenoxy) is 1. The molecule has 7 nitrogen and oxygen atoms in total. The van der Waals surface area contributed by atoms with E-state index < -0.39 is 5.97 Å². The zero-order valence-corrected chi connectivity index (χ0v) is 16.9. The number of piperidine rings is 1. The zero-order valence-electron chi connectivity index (χ0n) is 16.1. The standard InChI is InChI=1S/C21H22N4O3S/c1-28-21(27)15-6-4-14(5-7-15)20(26)22-16-8-10-25(11-9-16)19-13-17(23-24-19)18-3-2-12-29-18/h2-7,12-13,16H,8-11H2,1H3,(H,22,26)(H,23,24). The van der Waals surface area contributed by atoms with Gasteiger partial charge in [0.05, 0.1) is 23.2 Å². The normalized spacial score (nSPS) is 14.6. The molecular weight excluding hydrogens is 388 g/mol. The van der Waals surface area contributed by atoms with Crippen LogP contribution in [0.2, 0.25) is 0 Å². The summed E-state index contributed by atoms with van der Waals surface area (Å²) >= 11 is 1.68. The molecule has 150 valence electrons. The first-order valence-corrected chi connectivity index (χ1v) is 10.4. The molecule has 1 aliphatic rings. The van der Waals surface area contributed by atoms with Crippen molar-refractivity contribution in [3.63, 3.8) is 0 Å². The minimum absolute atomic E-state index is 0.120. The highest BCUT2D eigenvalue weighted by Gasteiger charge is 2.23. The summed E-state index contributed by atoms with van der Waals surface area (Å²) in [5.74, 6) is 0.404. The van der Waals surface area contributed by atoms with Crippen LogP contribution < -0.4 is 10.2 Å². The van der Waals surface area contributed by atoms with E-state index in [0.717, 1.165) is 37.4 Å². The van der Waals surface area contributed by atoms with Gasteiger partial charge >= 0.3 is 5.97 Å². The van der Waals surface area contributed by atoms with Gasteiger partial charge in [0.1, 0.15) is 0 Å². The second kappa shape index (κ2) is 8.48. The summed E-state index contributed by atoms with van der Waals surface area (Å²) < 4.78 is 4.68. The van der Waals surface area contributed by atoms with Crippen LogP contribution in [0.4, 0.5) is 5.82 Å².